The summed E-state index contributed by atoms with van der Waals surface area (Å²) in [5.74, 6) is -1.07. The molecule has 0 saturated carbocycles. The summed E-state index contributed by atoms with van der Waals surface area (Å²) < 4.78 is 0. The molecule has 18 heavy (non-hydrogen) atoms. The van der Waals surface area contributed by atoms with Crippen molar-refractivity contribution in [3.8, 4) is 0 Å². The number of nitrogens with one attached hydrogen (secondary N) is 2. The first-order valence-corrected chi connectivity index (χ1v) is 5.56. The van der Waals surface area contributed by atoms with E-state index in [1.165, 1.54) is 7.05 Å². The van der Waals surface area contributed by atoms with Gasteiger partial charge < -0.3 is 15.7 Å². The zero-order chi connectivity index (χ0) is 13.9. The van der Waals surface area contributed by atoms with Crippen molar-refractivity contribution in [1.82, 2.24) is 10.3 Å². The highest BCUT2D eigenvalue weighted by Gasteiger charge is 2.19. The fourth-order valence-corrected chi connectivity index (χ4v) is 1.70. The molecule has 6 nitrogen and oxygen atoms in total. The Balaban J connectivity index is 3.15. The SMILES string of the molecule is CNC(=O)C(C)Nc1nc(C)cc(C)c1C(=O)O. The molecule has 1 amide bonds. The molecule has 0 aromatic carbocycles. The second-order valence-corrected chi connectivity index (χ2v) is 4.09. The lowest BCUT2D eigenvalue weighted by Crippen LogP contribution is -2.36. The van der Waals surface area contributed by atoms with Crippen LogP contribution in [0.3, 0.4) is 0 Å². The minimum absolute atomic E-state index is 0.0938. The highest BCUT2D eigenvalue weighted by molar-refractivity contribution is 5.96. The molecule has 0 bridgehead atoms. The van der Waals surface area contributed by atoms with E-state index in [9.17, 15) is 9.59 Å². The molecule has 1 heterocycles. The van der Waals surface area contributed by atoms with Crippen LogP contribution in [0, 0.1) is 13.8 Å². The largest absolute Gasteiger partial charge is 0.478 e. The van der Waals surface area contributed by atoms with Gasteiger partial charge in [-0.1, -0.05) is 0 Å². The molecule has 0 aliphatic heterocycles. The van der Waals surface area contributed by atoms with Crippen molar-refractivity contribution in [2.24, 2.45) is 0 Å². The van der Waals surface area contributed by atoms with Gasteiger partial charge in [0.25, 0.3) is 0 Å². The van der Waals surface area contributed by atoms with Crippen molar-refractivity contribution in [2.75, 3.05) is 12.4 Å². The Morgan fingerprint density at radius 2 is 2.00 bits per heavy atom. The van der Waals surface area contributed by atoms with Crippen LogP contribution in [0.15, 0.2) is 6.07 Å². The summed E-state index contributed by atoms with van der Waals surface area (Å²) in [6.45, 7) is 5.12. The van der Waals surface area contributed by atoms with Crippen LogP contribution in [-0.2, 0) is 4.79 Å². The van der Waals surface area contributed by atoms with Crippen molar-refractivity contribution in [3.05, 3.63) is 22.9 Å². The number of hydrogen-bond donors (Lipinski definition) is 3. The first kappa shape index (κ1) is 14.0. The minimum atomic E-state index is -1.06. The van der Waals surface area contributed by atoms with Gasteiger partial charge in [0.2, 0.25) is 5.91 Å². The van der Waals surface area contributed by atoms with Crippen LogP contribution in [0.5, 0.6) is 0 Å². The summed E-state index contributed by atoms with van der Waals surface area (Å²) in [6, 6.07) is 1.14. The molecule has 1 aromatic heterocycles. The van der Waals surface area contributed by atoms with Crippen LogP contribution in [0.1, 0.15) is 28.5 Å². The summed E-state index contributed by atoms with van der Waals surface area (Å²) in [5.41, 5.74) is 1.40. The smallest absolute Gasteiger partial charge is 0.339 e. The maximum atomic E-state index is 11.4. The molecular weight excluding hydrogens is 234 g/mol. The molecule has 0 radical (unpaired) electrons. The fraction of sp³-hybridized carbons (Fsp3) is 0.417. The van der Waals surface area contributed by atoms with E-state index in [1.807, 2.05) is 0 Å². The molecular formula is C12H17N3O3. The molecule has 0 fully saturated rings. The average Bonchev–Trinajstić information content (AvgIpc) is 2.26. The Kier molecular flexibility index (Phi) is 4.25. The summed E-state index contributed by atoms with van der Waals surface area (Å²) >= 11 is 0. The molecule has 0 aliphatic rings. The topological polar surface area (TPSA) is 91.3 Å². The van der Waals surface area contributed by atoms with Crippen LogP contribution < -0.4 is 10.6 Å². The highest BCUT2D eigenvalue weighted by atomic mass is 16.4. The second kappa shape index (κ2) is 5.48. The number of nitrogens with zero attached hydrogens (tertiary/aromatic N) is 1. The number of aromatic carboxylic acids is 1. The van der Waals surface area contributed by atoms with Crippen molar-refractivity contribution < 1.29 is 14.7 Å². The van der Waals surface area contributed by atoms with E-state index >= 15 is 0 Å². The summed E-state index contributed by atoms with van der Waals surface area (Å²) in [6.07, 6.45) is 0. The van der Waals surface area contributed by atoms with E-state index in [4.69, 9.17) is 5.11 Å². The van der Waals surface area contributed by atoms with Crippen LogP contribution >= 0.6 is 0 Å². The lowest BCUT2D eigenvalue weighted by atomic mass is 10.1. The zero-order valence-electron chi connectivity index (χ0n) is 10.9. The number of carboxylic acids is 1. The summed E-state index contributed by atoms with van der Waals surface area (Å²) in [7, 11) is 1.52. The summed E-state index contributed by atoms with van der Waals surface area (Å²) in [4.78, 5) is 26.8. The lowest BCUT2D eigenvalue weighted by Gasteiger charge is -2.16. The average molecular weight is 251 g/mol. The van der Waals surface area contributed by atoms with Crippen molar-refractivity contribution in [3.63, 3.8) is 0 Å². The van der Waals surface area contributed by atoms with Crippen molar-refractivity contribution in [1.29, 1.82) is 0 Å². The maximum absolute atomic E-state index is 11.4. The fourth-order valence-electron chi connectivity index (χ4n) is 1.70. The van der Waals surface area contributed by atoms with Crippen molar-refractivity contribution in [2.45, 2.75) is 26.8 Å². The van der Waals surface area contributed by atoms with Gasteiger partial charge in [0.05, 0.1) is 0 Å². The van der Waals surface area contributed by atoms with Crippen LogP contribution in [0.2, 0.25) is 0 Å². The Morgan fingerprint density at radius 3 is 2.50 bits per heavy atom. The van der Waals surface area contributed by atoms with Gasteiger partial charge >= 0.3 is 5.97 Å². The molecule has 0 saturated heterocycles. The number of carbonyl (C=O) groups is 2. The monoisotopic (exact) mass is 251 g/mol. The standard InChI is InChI=1S/C12H17N3O3/c1-6-5-7(2)14-10(9(6)12(17)18)15-8(3)11(16)13-4/h5,8H,1-4H3,(H,13,16)(H,14,15)(H,17,18). The number of amides is 1. The predicted molar refractivity (Wildman–Crippen MR) is 67.8 cm³/mol. The Morgan fingerprint density at radius 1 is 1.39 bits per heavy atom. The van der Waals surface area contributed by atoms with E-state index in [2.05, 4.69) is 15.6 Å². The Labute approximate surface area is 105 Å². The van der Waals surface area contributed by atoms with Gasteiger partial charge in [-0.25, -0.2) is 9.78 Å². The van der Waals surface area contributed by atoms with Crippen LogP contribution in [0.25, 0.3) is 0 Å². The lowest BCUT2D eigenvalue weighted by molar-refractivity contribution is -0.121. The highest BCUT2D eigenvalue weighted by Crippen LogP contribution is 2.19. The molecule has 6 heteroatoms. The second-order valence-electron chi connectivity index (χ2n) is 4.09. The zero-order valence-corrected chi connectivity index (χ0v) is 10.9. The Bertz CT molecular complexity index is 486. The number of carbonyl (C=O) groups excluding carboxylic acids is 1. The number of pyridine rings is 1. The van der Waals surface area contributed by atoms with Crippen LogP contribution in [0.4, 0.5) is 5.82 Å². The Hall–Kier alpha value is -2.11. The molecule has 98 valence electrons. The maximum Gasteiger partial charge on any atom is 0.339 e. The van der Waals surface area contributed by atoms with E-state index in [1.54, 1.807) is 26.8 Å². The van der Waals surface area contributed by atoms with E-state index in [0.29, 0.717) is 11.3 Å². The molecule has 3 N–H and O–H groups in total. The number of hydrogen-bond acceptors (Lipinski definition) is 4. The van der Waals surface area contributed by atoms with Gasteiger partial charge in [0, 0.05) is 12.7 Å². The number of aromatic nitrogens is 1. The number of anilines is 1. The van der Waals surface area contributed by atoms with Gasteiger partial charge in [-0.2, -0.15) is 0 Å². The normalized spacial score (nSPS) is 11.8. The summed E-state index contributed by atoms with van der Waals surface area (Å²) in [5, 5.41) is 14.5. The molecule has 1 aromatic rings. The minimum Gasteiger partial charge on any atom is -0.478 e. The predicted octanol–water partition coefficient (Wildman–Crippen LogP) is 0.943. The molecule has 1 atom stereocenters. The number of carboxylic acid groups (broad SMARTS) is 1. The first-order valence-electron chi connectivity index (χ1n) is 5.56. The van der Waals surface area contributed by atoms with Gasteiger partial charge in [-0.15, -0.1) is 0 Å². The first-order chi connectivity index (χ1) is 8.36. The number of likely N-dealkylation sites (N-methyl/N-ethyl adjacent to an activating group) is 1. The van der Waals surface area contributed by atoms with E-state index in [0.717, 1.165) is 0 Å². The molecule has 0 aliphatic carbocycles. The van der Waals surface area contributed by atoms with E-state index in [-0.39, 0.29) is 17.3 Å². The number of aryl methyl sites for hydroxylation is 2. The van der Waals surface area contributed by atoms with Crippen molar-refractivity contribution >= 4 is 17.7 Å². The van der Waals surface area contributed by atoms with Gasteiger partial charge in [-0.3, -0.25) is 4.79 Å². The van der Waals surface area contributed by atoms with E-state index < -0.39 is 12.0 Å². The third-order valence-corrected chi connectivity index (χ3v) is 2.55. The molecule has 1 unspecified atom stereocenters. The third-order valence-electron chi connectivity index (χ3n) is 2.55. The number of rotatable bonds is 4. The molecule has 1 rings (SSSR count). The van der Waals surface area contributed by atoms with Gasteiger partial charge in [0.15, 0.2) is 0 Å². The third kappa shape index (κ3) is 2.97. The van der Waals surface area contributed by atoms with Gasteiger partial charge in [0.1, 0.15) is 17.4 Å². The molecule has 0 spiro atoms. The quantitative estimate of drug-likeness (QED) is 0.741. The van der Waals surface area contributed by atoms with Crippen LogP contribution in [-0.4, -0.2) is 35.1 Å². The van der Waals surface area contributed by atoms with Gasteiger partial charge in [-0.05, 0) is 32.4 Å².